The van der Waals surface area contributed by atoms with Crippen LogP contribution in [0.25, 0.3) is 0 Å². The number of rotatable bonds is 5. The minimum atomic E-state index is -0.852. The lowest BCUT2D eigenvalue weighted by molar-refractivity contribution is 1.18. The van der Waals surface area contributed by atoms with Gasteiger partial charge in [0.25, 0.3) is 0 Å². The fourth-order valence-electron chi connectivity index (χ4n) is 2.34. The highest BCUT2D eigenvalue weighted by molar-refractivity contribution is 6.90. The van der Waals surface area contributed by atoms with Crippen molar-refractivity contribution in [3.63, 3.8) is 0 Å². The molecule has 0 nitrogen and oxygen atoms in total. The maximum Gasteiger partial charge on any atom is 0.424 e. The first-order chi connectivity index (χ1) is 9.86. The highest BCUT2D eigenvalue weighted by Crippen LogP contribution is 2.08. The summed E-state index contributed by atoms with van der Waals surface area (Å²) in [5.74, 6) is 0. The Morgan fingerprint density at radius 1 is 0.900 bits per heavy atom. The summed E-state index contributed by atoms with van der Waals surface area (Å²) in [6.07, 6.45) is 7.66. The van der Waals surface area contributed by atoms with Crippen LogP contribution in [0.2, 0.25) is 0 Å². The summed E-state index contributed by atoms with van der Waals surface area (Å²) in [7, 11) is -0.852. The molecule has 0 bridgehead atoms. The van der Waals surface area contributed by atoms with Gasteiger partial charge in [-0.15, -0.1) is 0 Å². The summed E-state index contributed by atoms with van der Waals surface area (Å²) in [6, 6.07) is 21.8. The third-order valence-corrected chi connectivity index (χ3v) is 6.30. The van der Waals surface area contributed by atoms with Crippen LogP contribution in [0.5, 0.6) is 0 Å². The topological polar surface area (TPSA) is 0 Å². The summed E-state index contributed by atoms with van der Waals surface area (Å²) >= 11 is 0. The lowest BCUT2D eigenvalue weighted by Gasteiger charge is -2.04. The largest absolute Gasteiger partial charge is 0.424 e. The molecule has 2 aromatic rings. The molecule has 0 atom stereocenters. The van der Waals surface area contributed by atoms with Crippen molar-refractivity contribution in [3.05, 3.63) is 84.1 Å². The van der Waals surface area contributed by atoms with Crippen LogP contribution in [0, 0.1) is 0 Å². The molecule has 0 aromatic heterocycles. The summed E-state index contributed by atoms with van der Waals surface area (Å²) in [4.78, 5) is 0. The van der Waals surface area contributed by atoms with Gasteiger partial charge in [0, 0.05) is 0 Å². The maximum absolute atomic E-state index is 2.30. The number of allylic oxidation sites excluding steroid dienone is 4. The zero-order valence-corrected chi connectivity index (χ0v) is 13.2. The smallest absolute Gasteiger partial charge is 0.0876 e. The van der Waals surface area contributed by atoms with Crippen molar-refractivity contribution >= 4 is 19.2 Å². The van der Waals surface area contributed by atoms with E-state index in [0.29, 0.717) is 0 Å². The van der Waals surface area contributed by atoms with Gasteiger partial charge < -0.3 is 0 Å². The van der Waals surface area contributed by atoms with Crippen LogP contribution in [-0.2, 0) is 0 Å². The molecule has 0 spiro atoms. The zero-order chi connectivity index (χ0) is 14.2. The lowest BCUT2D eigenvalue weighted by Crippen LogP contribution is -2.44. The number of hydrogen-bond acceptors (Lipinski definition) is 0. The fraction of sp³-hybridized carbons (Fsp3) is 0.158. The van der Waals surface area contributed by atoms with Crippen molar-refractivity contribution in [2.45, 2.75) is 20.3 Å². The minimum Gasteiger partial charge on any atom is -0.0876 e. The van der Waals surface area contributed by atoms with Crippen molar-refractivity contribution in [3.8, 4) is 0 Å². The Labute approximate surface area is 124 Å². The van der Waals surface area contributed by atoms with E-state index in [-0.39, 0.29) is 0 Å². The third-order valence-electron chi connectivity index (χ3n) is 3.32. The van der Waals surface area contributed by atoms with Gasteiger partial charge in [0.05, 0.1) is 5.20 Å². The second-order valence-electron chi connectivity index (χ2n) is 4.68. The molecule has 2 aromatic carbocycles. The van der Waals surface area contributed by atoms with E-state index < -0.39 is 8.80 Å². The van der Waals surface area contributed by atoms with E-state index in [1.165, 1.54) is 10.4 Å². The van der Waals surface area contributed by atoms with E-state index in [1.54, 1.807) is 5.20 Å². The van der Waals surface area contributed by atoms with Gasteiger partial charge in [0.1, 0.15) is 10.4 Å². The van der Waals surface area contributed by atoms with Gasteiger partial charge in [0.15, 0.2) is 0 Å². The molecule has 0 radical (unpaired) electrons. The average Bonchev–Trinajstić information content (AvgIpc) is 2.53. The molecule has 0 heterocycles. The zero-order valence-electron chi connectivity index (χ0n) is 12.2. The Kier molecular flexibility index (Phi) is 5.57. The summed E-state index contributed by atoms with van der Waals surface area (Å²) in [5.41, 5.74) is 0. The normalized spacial score (nSPS) is 11.8. The van der Waals surface area contributed by atoms with E-state index in [1.807, 2.05) is 0 Å². The molecule has 0 saturated heterocycles. The van der Waals surface area contributed by atoms with Crippen molar-refractivity contribution < 1.29 is 0 Å². The standard InChI is InChI=1S/C19H21Si/c1-3-5-12-17(4-2)20(18-13-8-6-9-14-18)19-15-10-7-11-16-19/h3,5-16H,4H2,1-2H3/q+1/b5-3-,17-12+. The van der Waals surface area contributed by atoms with Gasteiger partial charge >= 0.3 is 8.80 Å². The Morgan fingerprint density at radius 2 is 1.40 bits per heavy atom. The van der Waals surface area contributed by atoms with Crippen molar-refractivity contribution in [1.82, 2.24) is 0 Å². The lowest BCUT2D eigenvalue weighted by atomic mass is 10.3. The fourth-order valence-corrected chi connectivity index (χ4v) is 5.08. The number of benzene rings is 2. The van der Waals surface area contributed by atoms with Crippen LogP contribution in [-0.4, -0.2) is 8.80 Å². The second-order valence-corrected chi connectivity index (χ2v) is 7.23. The van der Waals surface area contributed by atoms with Gasteiger partial charge in [-0.25, -0.2) is 0 Å². The van der Waals surface area contributed by atoms with E-state index in [0.717, 1.165) is 6.42 Å². The molecule has 1 heteroatoms. The molecule has 0 fully saturated rings. The van der Waals surface area contributed by atoms with Gasteiger partial charge in [-0.1, -0.05) is 55.5 Å². The Hall–Kier alpha value is -1.86. The molecule has 0 aliphatic heterocycles. The highest BCUT2D eigenvalue weighted by atomic mass is 28.3. The molecular weight excluding hydrogens is 256 g/mol. The van der Waals surface area contributed by atoms with E-state index in [9.17, 15) is 0 Å². The minimum absolute atomic E-state index is 0.852. The van der Waals surface area contributed by atoms with Gasteiger partial charge in [0.2, 0.25) is 0 Å². The first kappa shape index (κ1) is 14.5. The van der Waals surface area contributed by atoms with Crippen molar-refractivity contribution in [2.75, 3.05) is 0 Å². The Morgan fingerprint density at radius 3 is 1.80 bits per heavy atom. The summed E-state index contributed by atoms with van der Waals surface area (Å²) in [5, 5.41) is 4.47. The predicted molar refractivity (Wildman–Crippen MR) is 91.1 cm³/mol. The molecule has 100 valence electrons. The SMILES string of the molecule is C/C=C\C=C(/CC)[Si+](c1ccccc1)c1ccccc1. The van der Waals surface area contributed by atoms with Gasteiger partial charge in [-0.3, -0.25) is 0 Å². The van der Waals surface area contributed by atoms with Crippen LogP contribution in [0.1, 0.15) is 20.3 Å². The second kappa shape index (κ2) is 7.66. The van der Waals surface area contributed by atoms with Crippen LogP contribution in [0.4, 0.5) is 0 Å². The van der Waals surface area contributed by atoms with Gasteiger partial charge in [-0.2, -0.15) is 0 Å². The highest BCUT2D eigenvalue weighted by Gasteiger charge is 2.36. The van der Waals surface area contributed by atoms with Gasteiger partial charge in [-0.05, 0) is 43.7 Å². The molecule has 0 amide bonds. The first-order valence-corrected chi connectivity index (χ1v) is 8.66. The molecule has 0 aliphatic rings. The maximum atomic E-state index is 2.30. The van der Waals surface area contributed by atoms with Crippen LogP contribution in [0.3, 0.4) is 0 Å². The molecule has 0 aliphatic carbocycles. The number of hydrogen-bond donors (Lipinski definition) is 0. The summed E-state index contributed by atoms with van der Waals surface area (Å²) in [6.45, 7) is 4.33. The predicted octanol–water partition coefficient (Wildman–Crippen LogP) is 3.75. The molecule has 0 N–H and O–H groups in total. The van der Waals surface area contributed by atoms with Crippen LogP contribution in [0.15, 0.2) is 84.1 Å². The van der Waals surface area contributed by atoms with Crippen molar-refractivity contribution in [2.24, 2.45) is 0 Å². The first-order valence-electron chi connectivity index (χ1n) is 7.16. The Bertz CT molecular complexity index is 528. The molecule has 0 saturated carbocycles. The monoisotopic (exact) mass is 277 g/mol. The molecular formula is C19H21Si+. The van der Waals surface area contributed by atoms with Crippen LogP contribution < -0.4 is 10.4 Å². The van der Waals surface area contributed by atoms with Crippen molar-refractivity contribution in [1.29, 1.82) is 0 Å². The average molecular weight is 277 g/mol. The Balaban J connectivity index is 2.50. The molecule has 20 heavy (non-hydrogen) atoms. The summed E-state index contributed by atoms with van der Waals surface area (Å²) < 4.78 is 0. The molecule has 0 unspecified atom stereocenters. The van der Waals surface area contributed by atoms with Crippen LogP contribution >= 0.6 is 0 Å². The van der Waals surface area contributed by atoms with E-state index >= 15 is 0 Å². The van der Waals surface area contributed by atoms with E-state index in [4.69, 9.17) is 0 Å². The van der Waals surface area contributed by atoms with E-state index in [2.05, 4.69) is 92.7 Å². The third kappa shape index (κ3) is 3.58. The quantitative estimate of drug-likeness (QED) is 0.577. The molecule has 2 rings (SSSR count).